The summed E-state index contributed by atoms with van der Waals surface area (Å²) in [6.07, 6.45) is 1.91. The van der Waals surface area contributed by atoms with E-state index >= 15 is 0 Å². The molecule has 1 aromatic rings. The van der Waals surface area contributed by atoms with Crippen LogP contribution in [0.5, 0.6) is 5.75 Å². The zero-order valence-corrected chi connectivity index (χ0v) is 17.0. The number of amides is 1. The van der Waals surface area contributed by atoms with E-state index in [1.165, 1.54) is 0 Å². The molecule has 3 N–H and O–H groups in total. The van der Waals surface area contributed by atoms with Gasteiger partial charge in [-0.15, -0.1) is 0 Å². The lowest BCUT2D eigenvalue weighted by Crippen LogP contribution is -2.51. The number of primary amides is 1. The maximum absolute atomic E-state index is 12.3. The van der Waals surface area contributed by atoms with Crippen LogP contribution in [0.1, 0.15) is 39.2 Å². The number of rotatable bonds is 10. The van der Waals surface area contributed by atoms with E-state index in [4.69, 9.17) is 10.5 Å². The molecule has 1 aliphatic rings. The van der Waals surface area contributed by atoms with Crippen molar-refractivity contribution in [2.75, 3.05) is 19.7 Å². The number of carbonyl (C=O) groups is 1. The topological polar surface area (TPSA) is 67.6 Å². The van der Waals surface area contributed by atoms with Gasteiger partial charge in [-0.2, -0.15) is 12.6 Å². The van der Waals surface area contributed by atoms with Gasteiger partial charge >= 0.3 is 0 Å². The Hall–Kier alpha value is -1.24. The quantitative estimate of drug-likeness (QED) is 0.546. The summed E-state index contributed by atoms with van der Waals surface area (Å²) in [6.45, 7) is 9.12. The van der Waals surface area contributed by atoms with E-state index < -0.39 is 0 Å². The molecule has 4 atom stereocenters. The number of ether oxygens (including phenoxy) is 1. The minimum absolute atomic E-state index is 0.194. The van der Waals surface area contributed by atoms with Gasteiger partial charge in [0.15, 0.2) is 0 Å². The molecule has 1 fully saturated rings. The first-order valence-corrected chi connectivity index (χ1v) is 10.1. The largest absolute Gasteiger partial charge is 0.494 e. The Morgan fingerprint density at radius 3 is 2.73 bits per heavy atom. The molecule has 0 unspecified atom stereocenters. The standard InChI is InChI=1S/C20H33N3O2S/c1-4-14(3)19(20(21)24)23(13-16-10-17(26)11-22-16)12-15-8-6-7-9-18(15)25-5-2/h6-9,14,16-17,19,22,26H,4-5,10-13H2,1-3H3,(H2,21,24)/t14-,16-,17-,19-/m0/s1. The van der Waals surface area contributed by atoms with E-state index in [1.54, 1.807) is 0 Å². The van der Waals surface area contributed by atoms with Crippen LogP contribution in [0.15, 0.2) is 24.3 Å². The summed E-state index contributed by atoms with van der Waals surface area (Å²) in [5.41, 5.74) is 6.91. The second-order valence-corrected chi connectivity index (χ2v) is 7.93. The average Bonchev–Trinajstić information content (AvgIpc) is 3.01. The molecule has 0 saturated carbocycles. The molecule has 1 heterocycles. The summed E-state index contributed by atoms with van der Waals surface area (Å²) in [7, 11) is 0. The average molecular weight is 380 g/mol. The highest BCUT2D eigenvalue weighted by molar-refractivity contribution is 7.81. The molecular formula is C20H33N3O2S. The summed E-state index contributed by atoms with van der Waals surface area (Å²) in [5.74, 6) is 0.812. The van der Waals surface area contributed by atoms with Gasteiger partial charge in [-0.1, -0.05) is 38.5 Å². The van der Waals surface area contributed by atoms with E-state index in [0.29, 0.717) is 24.4 Å². The molecule has 1 aromatic carbocycles. The van der Waals surface area contributed by atoms with E-state index in [0.717, 1.165) is 37.2 Å². The lowest BCUT2D eigenvalue weighted by atomic mass is 9.95. The molecule has 0 aliphatic carbocycles. The van der Waals surface area contributed by atoms with Crippen LogP contribution >= 0.6 is 12.6 Å². The fraction of sp³-hybridized carbons (Fsp3) is 0.650. The zero-order chi connectivity index (χ0) is 19.1. The van der Waals surface area contributed by atoms with Gasteiger partial charge in [0, 0.05) is 36.5 Å². The Labute approximate surface area is 163 Å². The van der Waals surface area contributed by atoms with Crippen molar-refractivity contribution in [3.63, 3.8) is 0 Å². The highest BCUT2D eigenvalue weighted by Crippen LogP contribution is 2.25. The Morgan fingerprint density at radius 2 is 2.15 bits per heavy atom. The van der Waals surface area contributed by atoms with E-state index in [9.17, 15) is 4.79 Å². The van der Waals surface area contributed by atoms with Gasteiger partial charge in [0.1, 0.15) is 5.75 Å². The third-order valence-electron chi connectivity index (χ3n) is 5.17. The van der Waals surface area contributed by atoms with Crippen molar-refractivity contribution in [3.8, 4) is 5.75 Å². The van der Waals surface area contributed by atoms with Crippen molar-refractivity contribution in [2.45, 2.75) is 57.5 Å². The number of para-hydroxylation sites is 1. The second kappa shape index (κ2) is 10.2. The number of benzene rings is 1. The van der Waals surface area contributed by atoms with Crippen molar-refractivity contribution in [2.24, 2.45) is 11.7 Å². The number of nitrogens with two attached hydrogens (primary N) is 1. The third kappa shape index (κ3) is 5.63. The summed E-state index contributed by atoms with van der Waals surface area (Å²) in [5, 5.41) is 3.88. The molecule has 146 valence electrons. The van der Waals surface area contributed by atoms with Gasteiger partial charge in [-0.25, -0.2) is 0 Å². The van der Waals surface area contributed by atoms with E-state index in [1.807, 2.05) is 25.1 Å². The zero-order valence-electron chi connectivity index (χ0n) is 16.1. The van der Waals surface area contributed by atoms with Crippen molar-refractivity contribution < 1.29 is 9.53 Å². The second-order valence-electron chi connectivity index (χ2n) is 7.20. The van der Waals surface area contributed by atoms with Crippen LogP contribution < -0.4 is 15.8 Å². The fourth-order valence-corrected chi connectivity index (χ4v) is 4.05. The molecule has 5 nitrogen and oxygen atoms in total. The summed E-state index contributed by atoms with van der Waals surface area (Å²) in [4.78, 5) is 14.5. The Kier molecular flexibility index (Phi) is 8.25. The van der Waals surface area contributed by atoms with Crippen LogP contribution in [0.4, 0.5) is 0 Å². The number of nitrogens with zero attached hydrogens (tertiary/aromatic N) is 1. The molecule has 1 amide bonds. The predicted molar refractivity (Wildman–Crippen MR) is 110 cm³/mol. The third-order valence-corrected chi connectivity index (χ3v) is 5.56. The first-order valence-electron chi connectivity index (χ1n) is 9.61. The minimum Gasteiger partial charge on any atom is -0.494 e. The number of hydrogen-bond donors (Lipinski definition) is 3. The van der Waals surface area contributed by atoms with Crippen LogP contribution in [0, 0.1) is 5.92 Å². The smallest absolute Gasteiger partial charge is 0.235 e. The summed E-state index contributed by atoms with van der Waals surface area (Å²) in [6, 6.07) is 8.06. The molecular weight excluding hydrogens is 346 g/mol. The maximum atomic E-state index is 12.3. The lowest BCUT2D eigenvalue weighted by Gasteiger charge is -2.35. The Balaban J connectivity index is 2.25. The van der Waals surface area contributed by atoms with Crippen LogP contribution in [0.25, 0.3) is 0 Å². The fourth-order valence-electron chi connectivity index (χ4n) is 3.69. The molecule has 26 heavy (non-hydrogen) atoms. The van der Waals surface area contributed by atoms with Crippen molar-refractivity contribution in [1.29, 1.82) is 0 Å². The van der Waals surface area contributed by atoms with E-state index in [-0.39, 0.29) is 17.9 Å². The first-order chi connectivity index (χ1) is 12.5. The highest BCUT2D eigenvalue weighted by atomic mass is 32.1. The molecule has 6 heteroatoms. The molecule has 0 aromatic heterocycles. The number of nitrogens with one attached hydrogen (secondary N) is 1. The SMILES string of the molecule is CCOc1ccccc1CN(C[C@@H]1C[C@H](S)CN1)[C@H](C(N)=O)[C@@H](C)CC. The minimum atomic E-state index is -0.296. The number of thiol groups is 1. The van der Waals surface area contributed by atoms with E-state index in [2.05, 4.69) is 42.8 Å². The van der Waals surface area contributed by atoms with Crippen LogP contribution in [-0.4, -0.2) is 47.8 Å². The molecule has 0 radical (unpaired) electrons. The van der Waals surface area contributed by atoms with Gasteiger partial charge in [-0.05, 0) is 25.3 Å². The van der Waals surface area contributed by atoms with Crippen LogP contribution in [-0.2, 0) is 11.3 Å². The maximum Gasteiger partial charge on any atom is 0.235 e. The number of hydrogen-bond acceptors (Lipinski definition) is 5. The normalized spacial score (nSPS) is 22.3. The van der Waals surface area contributed by atoms with Crippen LogP contribution in [0.3, 0.4) is 0 Å². The van der Waals surface area contributed by atoms with Gasteiger partial charge in [0.25, 0.3) is 0 Å². The molecule has 2 rings (SSSR count). The predicted octanol–water partition coefficient (Wildman–Crippen LogP) is 2.45. The molecule has 0 spiro atoms. The summed E-state index contributed by atoms with van der Waals surface area (Å²) >= 11 is 4.58. The monoisotopic (exact) mass is 379 g/mol. The molecule has 1 saturated heterocycles. The van der Waals surface area contributed by atoms with Crippen molar-refractivity contribution in [1.82, 2.24) is 10.2 Å². The van der Waals surface area contributed by atoms with Crippen molar-refractivity contribution >= 4 is 18.5 Å². The Bertz CT molecular complexity index is 584. The van der Waals surface area contributed by atoms with Gasteiger partial charge in [0.2, 0.25) is 5.91 Å². The van der Waals surface area contributed by atoms with Gasteiger partial charge in [-0.3, -0.25) is 9.69 Å². The van der Waals surface area contributed by atoms with Crippen LogP contribution in [0.2, 0.25) is 0 Å². The summed E-state index contributed by atoms with van der Waals surface area (Å²) < 4.78 is 5.78. The first kappa shape index (κ1) is 21.1. The molecule has 1 aliphatic heterocycles. The van der Waals surface area contributed by atoms with Gasteiger partial charge in [0.05, 0.1) is 12.6 Å². The van der Waals surface area contributed by atoms with Gasteiger partial charge < -0.3 is 15.8 Å². The highest BCUT2D eigenvalue weighted by Gasteiger charge is 2.32. The lowest BCUT2D eigenvalue weighted by molar-refractivity contribution is -0.125. The number of carbonyl (C=O) groups excluding carboxylic acids is 1. The van der Waals surface area contributed by atoms with Crippen molar-refractivity contribution in [3.05, 3.63) is 29.8 Å². The Morgan fingerprint density at radius 1 is 1.42 bits per heavy atom. The molecule has 0 bridgehead atoms.